The van der Waals surface area contributed by atoms with Crippen LogP contribution >= 0.6 is 0 Å². The zero-order valence-electron chi connectivity index (χ0n) is 11.0. The predicted molar refractivity (Wildman–Crippen MR) is 68.5 cm³/mol. The molecule has 3 atom stereocenters. The minimum absolute atomic E-state index is 0.0737. The molecule has 1 aliphatic carbocycles. The van der Waals surface area contributed by atoms with Gasteiger partial charge in [-0.2, -0.15) is 0 Å². The third-order valence-corrected chi connectivity index (χ3v) is 4.30. The molecule has 1 saturated heterocycles. The number of carbonyl (C=O) groups is 2. The Labute approximate surface area is 108 Å². The summed E-state index contributed by atoms with van der Waals surface area (Å²) >= 11 is 0. The first-order chi connectivity index (χ1) is 8.44. The number of amides is 2. The lowest BCUT2D eigenvalue weighted by atomic mass is 9.76. The molecule has 2 amide bonds. The average molecular weight is 253 g/mol. The molecular weight excluding hydrogens is 230 g/mol. The normalized spacial score (nSPS) is 36.7. The molecule has 2 fully saturated rings. The number of nitrogens with two attached hydrogens (primary N) is 2. The Morgan fingerprint density at radius 3 is 2.61 bits per heavy atom. The Bertz CT molecular complexity index is 358. The van der Waals surface area contributed by atoms with Gasteiger partial charge >= 0.3 is 0 Å². The Balaban J connectivity index is 2.12. The average Bonchev–Trinajstić information content (AvgIpc) is 2.76. The van der Waals surface area contributed by atoms with E-state index in [1.165, 1.54) is 0 Å². The summed E-state index contributed by atoms with van der Waals surface area (Å²) in [7, 11) is 0. The van der Waals surface area contributed by atoms with E-state index in [4.69, 9.17) is 11.5 Å². The summed E-state index contributed by atoms with van der Waals surface area (Å²) in [5.74, 6) is -0.00834. The van der Waals surface area contributed by atoms with Gasteiger partial charge in [0.15, 0.2) is 0 Å². The Morgan fingerprint density at radius 1 is 1.28 bits per heavy atom. The number of hydrogen-bond acceptors (Lipinski definition) is 3. The minimum atomic E-state index is -0.782. The van der Waals surface area contributed by atoms with Crippen LogP contribution in [0.1, 0.15) is 45.4 Å². The van der Waals surface area contributed by atoms with Crippen molar-refractivity contribution in [1.29, 1.82) is 0 Å². The van der Waals surface area contributed by atoms with Crippen molar-refractivity contribution in [1.82, 2.24) is 4.90 Å². The van der Waals surface area contributed by atoms with Crippen molar-refractivity contribution >= 4 is 11.8 Å². The van der Waals surface area contributed by atoms with Crippen LogP contribution in [-0.2, 0) is 9.59 Å². The summed E-state index contributed by atoms with van der Waals surface area (Å²) in [5, 5.41) is 0. The molecule has 5 nitrogen and oxygen atoms in total. The molecule has 3 unspecified atom stereocenters. The fourth-order valence-corrected chi connectivity index (χ4v) is 3.38. The lowest BCUT2D eigenvalue weighted by Gasteiger charge is -2.39. The van der Waals surface area contributed by atoms with Gasteiger partial charge in [-0.15, -0.1) is 0 Å². The number of carbonyl (C=O) groups excluding carboxylic acids is 2. The SMILES string of the molecule is CC1CCCC(N)(C(=O)N2CCCC2C(N)=O)C1. The summed E-state index contributed by atoms with van der Waals surface area (Å²) in [6.45, 7) is 2.74. The van der Waals surface area contributed by atoms with E-state index in [1.807, 2.05) is 0 Å². The molecule has 5 heteroatoms. The largest absolute Gasteiger partial charge is 0.368 e. The molecule has 0 aromatic carbocycles. The summed E-state index contributed by atoms with van der Waals surface area (Å²) < 4.78 is 0. The van der Waals surface area contributed by atoms with E-state index < -0.39 is 17.5 Å². The quantitative estimate of drug-likeness (QED) is 0.745. The molecule has 18 heavy (non-hydrogen) atoms. The second-order valence-electron chi connectivity index (χ2n) is 5.92. The minimum Gasteiger partial charge on any atom is -0.368 e. The first kappa shape index (κ1) is 13.3. The predicted octanol–water partition coefficient (Wildman–Crippen LogP) is 0.370. The highest BCUT2D eigenvalue weighted by Crippen LogP contribution is 2.33. The van der Waals surface area contributed by atoms with Crippen LogP contribution in [0, 0.1) is 5.92 Å². The van der Waals surface area contributed by atoms with Crippen molar-refractivity contribution in [3.05, 3.63) is 0 Å². The molecule has 0 spiro atoms. The molecule has 0 bridgehead atoms. The summed E-state index contributed by atoms with van der Waals surface area (Å²) in [6.07, 6.45) is 5.06. The van der Waals surface area contributed by atoms with E-state index in [0.717, 1.165) is 25.7 Å². The molecule has 0 radical (unpaired) electrons. The lowest BCUT2D eigenvalue weighted by Crippen LogP contribution is -2.59. The zero-order valence-corrected chi connectivity index (χ0v) is 11.0. The molecule has 4 N–H and O–H groups in total. The van der Waals surface area contributed by atoms with E-state index in [1.54, 1.807) is 4.90 Å². The van der Waals surface area contributed by atoms with Gasteiger partial charge in [-0.05, 0) is 31.6 Å². The zero-order chi connectivity index (χ0) is 13.3. The number of likely N-dealkylation sites (tertiary alicyclic amines) is 1. The van der Waals surface area contributed by atoms with Crippen molar-refractivity contribution in [2.45, 2.75) is 57.0 Å². The first-order valence-corrected chi connectivity index (χ1v) is 6.83. The van der Waals surface area contributed by atoms with Gasteiger partial charge in [0.1, 0.15) is 6.04 Å². The van der Waals surface area contributed by atoms with Gasteiger partial charge in [0.25, 0.3) is 0 Å². The van der Waals surface area contributed by atoms with Crippen LogP contribution in [0.25, 0.3) is 0 Å². The van der Waals surface area contributed by atoms with Crippen LogP contribution in [0.4, 0.5) is 0 Å². The maximum Gasteiger partial charge on any atom is 0.243 e. The highest BCUT2D eigenvalue weighted by atomic mass is 16.2. The number of rotatable bonds is 2. The topological polar surface area (TPSA) is 89.4 Å². The second-order valence-corrected chi connectivity index (χ2v) is 5.92. The van der Waals surface area contributed by atoms with Gasteiger partial charge in [-0.3, -0.25) is 9.59 Å². The Kier molecular flexibility index (Phi) is 3.61. The van der Waals surface area contributed by atoms with Gasteiger partial charge in [-0.25, -0.2) is 0 Å². The van der Waals surface area contributed by atoms with Crippen LogP contribution in [-0.4, -0.2) is 34.8 Å². The molecule has 1 heterocycles. The van der Waals surface area contributed by atoms with E-state index in [2.05, 4.69) is 6.92 Å². The Hall–Kier alpha value is -1.10. The summed E-state index contributed by atoms with van der Waals surface area (Å²) in [5.41, 5.74) is 10.9. The van der Waals surface area contributed by atoms with Gasteiger partial charge < -0.3 is 16.4 Å². The maximum atomic E-state index is 12.6. The highest BCUT2D eigenvalue weighted by molar-refractivity contribution is 5.92. The van der Waals surface area contributed by atoms with Crippen molar-refractivity contribution in [3.8, 4) is 0 Å². The molecule has 2 aliphatic rings. The number of primary amides is 1. The van der Waals surface area contributed by atoms with Crippen molar-refractivity contribution in [3.63, 3.8) is 0 Å². The third kappa shape index (κ3) is 2.36. The van der Waals surface area contributed by atoms with Gasteiger partial charge in [-0.1, -0.05) is 19.8 Å². The third-order valence-electron chi connectivity index (χ3n) is 4.30. The van der Waals surface area contributed by atoms with E-state index in [0.29, 0.717) is 25.3 Å². The fourth-order valence-electron chi connectivity index (χ4n) is 3.38. The second kappa shape index (κ2) is 4.88. The monoisotopic (exact) mass is 253 g/mol. The molecule has 0 aromatic rings. The smallest absolute Gasteiger partial charge is 0.243 e. The number of nitrogens with zero attached hydrogens (tertiary/aromatic N) is 1. The van der Waals surface area contributed by atoms with E-state index in [9.17, 15) is 9.59 Å². The summed E-state index contributed by atoms with van der Waals surface area (Å²) in [4.78, 5) is 25.5. The maximum absolute atomic E-state index is 12.6. The molecule has 0 aromatic heterocycles. The van der Waals surface area contributed by atoms with Crippen molar-refractivity contribution in [2.75, 3.05) is 6.54 Å². The standard InChI is InChI=1S/C13H23N3O2/c1-9-4-2-6-13(15,8-9)12(18)16-7-3-5-10(16)11(14)17/h9-10H,2-8,15H2,1H3,(H2,14,17). The van der Waals surface area contributed by atoms with Crippen LogP contribution in [0.2, 0.25) is 0 Å². The first-order valence-electron chi connectivity index (χ1n) is 6.83. The molecule has 2 rings (SSSR count). The molecule has 1 saturated carbocycles. The number of hydrogen-bond donors (Lipinski definition) is 2. The van der Waals surface area contributed by atoms with E-state index >= 15 is 0 Å². The lowest BCUT2D eigenvalue weighted by molar-refractivity contribution is -0.143. The molecular formula is C13H23N3O2. The van der Waals surface area contributed by atoms with Crippen LogP contribution in [0.3, 0.4) is 0 Å². The van der Waals surface area contributed by atoms with Gasteiger partial charge in [0, 0.05) is 6.54 Å². The van der Waals surface area contributed by atoms with E-state index in [-0.39, 0.29) is 5.91 Å². The van der Waals surface area contributed by atoms with Gasteiger partial charge in [0.2, 0.25) is 11.8 Å². The van der Waals surface area contributed by atoms with Crippen molar-refractivity contribution < 1.29 is 9.59 Å². The fraction of sp³-hybridized carbons (Fsp3) is 0.846. The van der Waals surface area contributed by atoms with Crippen molar-refractivity contribution in [2.24, 2.45) is 17.4 Å². The summed E-state index contributed by atoms with van der Waals surface area (Å²) in [6, 6.07) is -0.449. The van der Waals surface area contributed by atoms with Crippen LogP contribution < -0.4 is 11.5 Å². The Morgan fingerprint density at radius 2 is 2.00 bits per heavy atom. The van der Waals surface area contributed by atoms with Crippen LogP contribution in [0.15, 0.2) is 0 Å². The molecule has 1 aliphatic heterocycles. The van der Waals surface area contributed by atoms with Gasteiger partial charge in [0.05, 0.1) is 5.54 Å². The van der Waals surface area contributed by atoms with Crippen LogP contribution in [0.5, 0.6) is 0 Å². The highest BCUT2D eigenvalue weighted by Gasteiger charge is 2.44. The molecule has 102 valence electrons.